The maximum atomic E-state index is 12.6. The molecule has 0 aliphatic rings. The van der Waals surface area contributed by atoms with E-state index in [0.717, 1.165) is 5.69 Å². The van der Waals surface area contributed by atoms with Crippen LogP contribution >= 0.6 is 0 Å². The zero-order valence-electron chi connectivity index (χ0n) is 12.6. The molecule has 7 nitrogen and oxygen atoms in total. The van der Waals surface area contributed by atoms with E-state index in [1.165, 1.54) is 28.8 Å². The van der Waals surface area contributed by atoms with Crippen molar-refractivity contribution >= 4 is 22.6 Å². The van der Waals surface area contributed by atoms with Gasteiger partial charge in [0, 0.05) is 26.0 Å². The third kappa shape index (κ3) is 2.52. The Morgan fingerprint density at radius 1 is 1.22 bits per heavy atom. The first-order valence-corrected chi connectivity index (χ1v) is 6.91. The van der Waals surface area contributed by atoms with Gasteiger partial charge in [0.2, 0.25) is 0 Å². The molecule has 1 N–H and O–H groups in total. The van der Waals surface area contributed by atoms with Crippen LogP contribution in [0.1, 0.15) is 10.4 Å². The van der Waals surface area contributed by atoms with Crippen LogP contribution in [0.15, 0.2) is 52.2 Å². The van der Waals surface area contributed by atoms with Gasteiger partial charge in [-0.1, -0.05) is 18.2 Å². The molecule has 0 bridgehead atoms. The maximum Gasteiger partial charge on any atom is 0.329 e. The molecule has 7 heteroatoms. The fourth-order valence-electron chi connectivity index (χ4n) is 2.32. The largest absolute Gasteiger partial charge is 0.329 e. The van der Waals surface area contributed by atoms with Gasteiger partial charge >= 0.3 is 5.69 Å². The molecule has 0 saturated carbocycles. The SMILES string of the molecule is CN(C(=O)c1cnc2c(c1)c(=O)[nH]c(=O)n2C)c1ccccc1. The first-order chi connectivity index (χ1) is 11.0. The molecular formula is C16H14N4O3. The first kappa shape index (κ1) is 14.7. The van der Waals surface area contributed by atoms with Gasteiger partial charge in [-0.3, -0.25) is 19.1 Å². The fourth-order valence-corrected chi connectivity index (χ4v) is 2.32. The van der Waals surface area contributed by atoms with Gasteiger partial charge in [-0.15, -0.1) is 0 Å². The summed E-state index contributed by atoms with van der Waals surface area (Å²) in [4.78, 5) is 43.8. The molecule has 0 aliphatic carbocycles. The van der Waals surface area contributed by atoms with E-state index in [0.29, 0.717) is 0 Å². The van der Waals surface area contributed by atoms with Gasteiger partial charge < -0.3 is 4.90 Å². The number of benzene rings is 1. The molecule has 0 unspecified atom stereocenters. The van der Waals surface area contributed by atoms with Crippen molar-refractivity contribution < 1.29 is 4.79 Å². The normalized spacial score (nSPS) is 10.7. The summed E-state index contributed by atoms with van der Waals surface area (Å²) in [7, 11) is 3.15. The highest BCUT2D eigenvalue weighted by Gasteiger charge is 2.16. The van der Waals surface area contributed by atoms with E-state index < -0.39 is 11.2 Å². The summed E-state index contributed by atoms with van der Waals surface area (Å²) < 4.78 is 1.23. The van der Waals surface area contributed by atoms with Gasteiger partial charge in [0.05, 0.1) is 10.9 Å². The second kappa shape index (κ2) is 5.53. The molecule has 0 fully saturated rings. The van der Waals surface area contributed by atoms with Crippen LogP contribution in [0.3, 0.4) is 0 Å². The quantitative estimate of drug-likeness (QED) is 0.761. The predicted octanol–water partition coefficient (Wildman–Crippen LogP) is 0.898. The van der Waals surface area contributed by atoms with Gasteiger partial charge in [-0.05, 0) is 18.2 Å². The second-order valence-corrected chi connectivity index (χ2v) is 5.11. The van der Waals surface area contributed by atoms with Crippen molar-refractivity contribution in [3.8, 4) is 0 Å². The number of fused-ring (bicyclic) bond motifs is 1. The van der Waals surface area contributed by atoms with Crippen molar-refractivity contribution in [2.24, 2.45) is 7.05 Å². The van der Waals surface area contributed by atoms with Crippen molar-refractivity contribution in [3.63, 3.8) is 0 Å². The molecule has 0 spiro atoms. The molecule has 0 aliphatic heterocycles. The number of rotatable bonds is 2. The summed E-state index contributed by atoms with van der Waals surface area (Å²) in [5.41, 5.74) is 0.126. The number of carbonyl (C=O) groups excluding carboxylic acids is 1. The summed E-state index contributed by atoms with van der Waals surface area (Å²) in [6.45, 7) is 0. The summed E-state index contributed by atoms with van der Waals surface area (Å²) in [6, 6.07) is 10.6. The lowest BCUT2D eigenvalue weighted by Gasteiger charge is -2.17. The number of carbonyl (C=O) groups is 1. The average molecular weight is 310 g/mol. The molecule has 0 saturated heterocycles. The number of aromatic amines is 1. The van der Waals surface area contributed by atoms with Gasteiger partial charge in [-0.2, -0.15) is 0 Å². The molecule has 116 valence electrons. The molecule has 23 heavy (non-hydrogen) atoms. The lowest BCUT2D eigenvalue weighted by Crippen LogP contribution is -2.30. The molecule has 3 rings (SSSR count). The van der Waals surface area contributed by atoms with Crippen LogP contribution in [0, 0.1) is 0 Å². The first-order valence-electron chi connectivity index (χ1n) is 6.91. The monoisotopic (exact) mass is 310 g/mol. The molecule has 3 aromatic rings. The highest BCUT2D eigenvalue weighted by molar-refractivity contribution is 6.06. The Kier molecular flexibility index (Phi) is 3.53. The number of H-pyrrole nitrogens is 1. The van der Waals surface area contributed by atoms with Crippen LogP contribution in [0.5, 0.6) is 0 Å². The van der Waals surface area contributed by atoms with E-state index in [1.54, 1.807) is 7.05 Å². The summed E-state index contributed by atoms with van der Waals surface area (Å²) >= 11 is 0. The third-order valence-corrected chi connectivity index (χ3v) is 3.65. The minimum absolute atomic E-state index is 0.194. The van der Waals surface area contributed by atoms with Crippen LogP contribution in [0.25, 0.3) is 11.0 Å². The van der Waals surface area contributed by atoms with E-state index >= 15 is 0 Å². The van der Waals surface area contributed by atoms with Crippen LogP contribution in [0.4, 0.5) is 5.69 Å². The standard InChI is InChI=1S/C16H14N4O3/c1-19(11-6-4-3-5-7-11)15(22)10-8-12-13(17-9-10)20(2)16(23)18-14(12)21/h3-9H,1-2H3,(H,18,21,23). The Labute approximate surface area is 130 Å². The summed E-state index contributed by atoms with van der Waals surface area (Å²) in [5.74, 6) is -0.293. The molecule has 1 aromatic carbocycles. The van der Waals surface area contributed by atoms with Crippen LogP contribution in [-0.4, -0.2) is 27.5 Å². The number of nitrogens with one attached hydrogen (secondary N) is 1. The zero-order valence-corrected chi connectivity index (χ0v) is 12.6. The number of aromatic nitrogens is 3. The van der Waals surface area contributed by atoms with Crippen LogP contribution in [0.2, 0.25) is 0 Å². The van der Waals surface area contributed by atoms with Crippen molar-refractivity contribution in [2.45, 2.75) is 0 Å². The van der Waals surface area contributed by atoms with Gasteiger partial charge in [-0.25, -0.2) is 9.78 Å². The average Bonchev–Trinajstić information content (AvgIpc) is 2.59. The minimum atomic E-state index is -0.562. The predicted molar refractivity (Wildman–Crippen MR) is 86.8 cm³/mol. The van der Waals surface area contributed by atoms with Crippen molar-refractivity contribution in [1.29, 1.82) is 0 Å². The molecule has 2 heterocycles. The Morgan fingerprint density at radius 2 is 1.91 bits per heavy atom. The Bertz CT molecular complexity index is 1010. The highest BCUT2D eigenvalue weighted by atomic mass is 16.2. The molecule has 0 radical (unpaired) electrons. The molecule has 0 atom stereocenters. The Balaban J connectivity index is 2.09. The van der Waals surface area contributed by atoms with Crippen molar-refractivity contribution in [1.82, 2.24) is 14.5 Å². The smallest absolute Gasteiger partial charge is 0.311 e. The Hall–Kier alpha value is -3.22. The van der Waals surface area contributed by atoms with Crippen molar-refractivity contribution in [2.75, 3.05) is 11.9 Å². The number of anilines is 1. The second-order valence-electron chi connectivity index (χ2n) is 5.11. The lowest BCUT2D eigenvalue weighted by atomic mass is 10.2. The lowest BCUT2D eigenvalue weighted by molar-refractivity contribution is 0.0993. The summed E-state index contributed by atoms with van der Waals surface area (Å²) in [6.07, 6.45) is 1.36. The summed E-state index contributed by atoms with van der Waals surface area (Å²) in [5, 5.41) is 0.194. The number of para-hydroxylation sites is 1. The molecule has 1 amide bonds. The fraction of sp³-hybridized carbons (Fsp3) is 0.125. The number of hydrogen-bond acceptors (Lipinski definition) is 4. The van der Waals surface area contributed by atoms with Gasteiger partial charge in [0.25, 0.3) is 11.5 Å². The Morgan fingerprint density at radius 3 is 2.61 bits per heavy atom. The van der Waals surface area contributed by atoms with E-state index in [9.17, 15) is 14.4 Å². The van der Waals surface area contributed by atoms with Gasteiger partial charge in [0.15, 0.2) is 0 Å². The minimum Gasteiger partial charge on any atom is -0.311 e. The van der Waals surface area contributed by atoms with E-state index in [1.807, 2.05) is 30.3 Å². The van der Waals surface area contributed by atoms with Crippen LogP contribution in [-0.2, 0) is 7.05 Å². The maximum absolute atomic E-state index is 12.6. The van der Waals surface area contributed by atoms with E-state index in [2.05, 4.69) is 9.97 Å². The molecule has 2 aromatic heterocycles. The van der Waals surface area contributed by atoms with E-state index in [4.69, 9.17) is 0 Å². The van der Waals surface area contributed by atoms with Crippen molar-refractivity contribution in [3.05, 3.63) is 69.0 Å². The number of nitrogens with zero attached hydrogens (tertiary/aromatic N) is 3. The van der Waals surface area contributed by atoms with E-state index in [-0.39, 0.29) is 22.5 Å². The number of amides is 1. The number of pyridine rings is 1. The highest BCUT2D eigenvalue weighted by Crippen LogP contribution is 2.15. The number of aryl methyl sites for hydroxylation is 1. The van der Waals surface area contributed by atoms with Crippen LogP contribution < -0.4 is 16.1 Å². The number of hydrogen-bond donors (Lipinski definition) is 1. The third-order valence-electron chi connectivity index (χ3n) is 3.65. The topological polar surface area (TPSA) is 88.1 Å². The molecular weight excluding hydrogens is 296 g/mol. The van der Waals surface area contributed by atoms with Gasteiger partial charge in [0.1, 0.15) is 5.65 Å². The zero-order chi connectivity index (χ0) is 16.6.